The third-order valence-electron chi connectivity index (χ3n) is 3.06. The van der Waals surface area contributed by atoms with E-state index in [1.54, 1.807) is 0 Å². The molecule has 0 bridgehead atoms. The molecule has 0 atom stereocenters. The Bertz CT molecular complexity index is 799. The minimum absolute atomic E-state index is 0.0185. The Morgan fingerprint density at radius 3 is 1.76 bits per heavy atom. The summed E-state index contributed by atoms with van der Waals surface area (Å²) in [6.45, 7) is 3.11. The Morgan fingerprint density at radius 1 is 0.862 bits per heavy atom. The smallest absolute Gasteiger partial charge is 0.163 e. The summed E-state index contributed by atoms with van der Waals surface area (Å²) in [5.74, 6) is -1.25. The maximum absolute atomic E-state index is 12.8. The number of Topliss-reactive ketones (excluding diaryl/α,β-unsaturated/α-hetero) is 2. The number of phenolic OH excluding ortho intramolecular Hbond substituents is 1. The molecule has 0 aliphatic carbocycles. The van der Waals surface area contributed by atoms with E-state index in [1.165, 1.54) is 32.0 Å². The van der Waals surface area contributed by atoms with Crippen LogP contribution in [-0.2, 0) is 0 Å². The van der Waals surface area contributed by atoms with Gasteiger partial charge in [0.2, 0.25) is 0 Å². The molecule has 0 saturated carbocycles. The molecule has 0 spiro atoms. The zero-order valence-corrected chi connectivity index (χ0v) is 20.6. The van der Waals surface area contributed by atoms with Crippen LogP contribution in [0.15, 0.2) is 36.4 Å². The lowest BCUT2D eigenvalue weighted by molar-refractivity contribution is 0.100. The lowest BCUT2D eigenvalue weighted by atomic mass is 10.1. The number of phenols is 1. The van der Waals surface area contributed by atoms with Gasteiger partial charge in [-0.25, -0.2) is 8.78 Å². The number of hydrogen-bond donors (Lipinski definition) is 1. The number of rotatable bonds is 6. The number of alkyl halides is 3. The lowest BCUT2D eigenvalue weighted by Gasteiger charge is -2.07. The molecule has 2 aromatic carbocycles. The molecule has 1 N–H and O–H groups in total. The largest absolute Gasteiger partial charge is 0.507 e. The molecule has 29 heavy (non-hydrogen) atoms. The highest BCUT2D eigenvalue weighted by molar-refractivity contribution is 9.12. The van der Waals surface area contributed by atoms with Crippen molar-refractivity contribution in [1.29, 1.82) is 0 Å². The monoisotopic (exact) mass is 600 g/mol. The van der Waals surface area contributed by atoms with Gasteiger partial charge in [-0.2, -0.15) is 0 Å². The SMILES string of the molecule is BrCCBr.CC(=O)c1cc(F)ccc1O.CC(=O)c1cc(F)ccc1OCCBr. The minimum atomic E-state index is -0.520. The number of benzene rings is 2. The highest BCUT2D eigenvalue weighted by Gasteiger charge is 2.09. The molecule has 0 unspecified atom stereocenters. The van der Waals surface area contributed by atoms with Crippen molar-refractivity contribution >= 4 is 59.4 Å². The lowest BCUT2D eigenvalue weighted by Crippen LogP contribution is -2.03. The number of aromatic hydroxyl groups is 1. The predicted octanol–water partition coefficient (Wildman–Crippen LogP) is 6.31. The van der Waals surface area contributed by atoms with Gasteiger partial charge in [0.1, 0.15) is 23.1 Å². The highest BCUT2D eigenvalue weighted by Crippen LogP contribution is 2.20. The van der Waals surface area contributed by atoms with E-state index in [0.717, 1.165) is 28.9 Å². The standard InChI is InChI=1S/C10H10BrFO2.C8H7FO2.C2H4Br2/c1-7(13)9-6-8(12)2-3-10(9)14-5-4-11;1-5(10)7-4-6(9)2-3-8(7)11;3-1-2-4/h2-3,6H,4-5H2,1H3;2-4,11H,1H3;1-2H2. The van der Waals surface area contributed by atoms with Gasteiger partial charge in [0, 0.05) is 16.0 Å². The van der Waals surface area contributed by atoms with Crippen LogP contribution in [0.1, 0.15) is 34.6 Å². The number of ether oxygens (including phenoxy) is 1. The summed E-state index contributed by atoms with van der Waals surface area (Å²) in [7, 11) is 0. The van der Waals surface area contributed by atoms with Crippen LogP contribution in [0.4, 0.5) is 8.78 Å². The Labute approximate surface area is 194 Å². The molecule has 160 valence electrons. The first kappa shape index (κ1) is 27.7. The third-order valence-corrected chi connectivity index (χ3v) is 5.25. The van der Waals surface area contributed by atoms with Gasteiger partial charge in [-0.3, -0.25) is 9.59 Å². The molecule has 0 amide bonds. The van der Waals surface area contributed by atoms with Crippen LogP contribution in [0.2, 0.25) is 0 Å². The van der Waals surface area contributed by atoms with E-state index < -0.39 is 11.6 Å². The molecule has 0 fully saturated rings. The highest BCUT2D eigenvalue weighted by atomic mass is 79.9. The van der Waals surface area contributed by atoms with Crippen molar-refractivity contribution < 1.29 is 28.2 Å². The van der Waals surface area contributed by atoms with E-state index >= 15 is 0 Å². The van der Waals surface area contributed by atoms with Crippen LogP contribution >= 0.6 is 47.8 Å². The van der Waals surface area contributed by atoms with Gasteiger partial charge < -0.3 is 9.84 Å². The number of hydrogen-bond acceptors (Lipinski definition) is 4. The first-order valence-corrected chi connectivity index (χ1v) is 11.6. The van der Waals surface area contributed by atoms with Gasteiger partial charge in [-0.1, -0.05) is 47.8 Å². The summed E-state index contributed by atoms with van der Waals surface area (Å²) in [6.07, 6.45) is 0. The minimum Gasteiger partial charge on any atom is -0.507 e. The maximum atomic E-state index is 12.8. The summed E-state index contributed by atoms with van der Waals surface area (Å²) in [4.78, 5) is 21.8. The second-order valence-electron chi connectivity index (χ2n) is 5.33. The van der Waals surface area contributed by atoms with Gasteiger partial charge in [-0.15, -0.1) is 0 Å². The van der Waals surface area contributed by atoms with Crippen molar-refractivity contribution in [2.24, 2.45) is 0 Å². The van der Waals surface area contributed by atoms with Crippen molar-refractivity contribution in [2.75, 3.05) is 22.6 Å². The van der Waals surface area contributed by atoms with Crippen molar-refractivity contribution in [3.8, 4) is 11.5 Å². The van der Waals surface area contributed by atoms with Gasteiger partial charge in [0.05, 0.1) is 17.7 Å². The summed E-state index contributed by atoms with van der Waals surface area (Å²) >= 11 is 9.60. The number of halogens is 5. The van der Waals surface area contributed by atoms with Crippen LogP contribution < -0.4 is 4.74 Å². The predicted molar refractivity (Wildman–Crippen MR) is 121 cm³/mol. The normalized spacial score (nSPS) is 9.48. The molecular weight excluding hydrogens is 582 g/mol. The second-order valence-corrected chi connectivity index (χ2v) is 7.71. The Balaban J connectivity index is 0.000000466. The first-order chi connectivity index (χ1) is 13.7. The quantitative estimate of drug-likeness (QED) is 0.311. The second kappa shape index (κ2) is 15.5. The Morgan fingerprint density at radius 2 is 1.34 bits per heavy atom. The topological polar surface area (TPSA) is 63.6 Å². The van der Waals surface area contributed by atoms with E-state index in [-0.39, 0.29) is 28.4 Å². The van der Waals surface area contributed by atoms with Crippen LogP contribution in [0.25, 0.3) is 0 Å². The van der Waals surface area contributed by atoms with Gasteiger partial charge in [-0.05, 0) is 50.2 Å². The van der Waals surface area contributed by atoms with Crippen LogP contribution in [-0.4, -0.2) is 39.3 Å². The molecule has 0 aromatic heterocycles. The number of ketones is 2. The molecule has 0 saturated heterocycles. The van der Waals surface area contributed by atoms with E-state index in [4.69, 9.17) is 9.84 Å². The molecule has 0 heterocycles. The maximum Gasteiger partial charge on any atom is 0.163 e. The van der Waals surface area contributed by atoms with Crippen molar-refractivity contribution in [3.63, 3.8) is 0 Å². The zero-order valence-electron chi connectivity index (χ0n) is 15.9. The average Bonchev–Trinajstić information content (AvgIpc) is 2.69. The fourth-order valence-electron chi connectivity index (χ4n) is 1.84. The van der Waals surface area contributed by atoms with Gasteiger partial charge >= 0.3 is 0 Å². The fourth-order valence-corrected chi connectivity index (χ4v) is 2.00. The summed E-state index contributed by atoms with van der Waals surface area (Å²) in [5, 5.41) is 11.8. The molecule has 4 nitrogen and oxygen atoms in total. The molecule has 0 aliphatic heterocycles. The first-order valence-electron chi connectivity index (χ1n) is 8.28. The van der Waals surface area contributed by atoms with Crippen molar-refractivity contribution in [1.82, 2.24) is 0 Å². The van der Waals surface area contributed by atoms with Crippen LogP contribution in [0, 0.1) is 11.6 Å². The van der Waals surface area contributed by atoms with Crippen molar-refractivity contribution in [3.05, 3.63) is 59.2 Å². The molecule has 0 aliphatic rings. The van der Waals surface area contributed by atoms with Crippen LogP contribution in [0.3, 0.4) is 0 Å². The number of carbonyl (C=O) groups is 2. The summed E-state index contributed by atoms with van der Waals surface area (Å²) in [6, 6.07) is 7.20. The summed E-state index contributed by atoms with van der Waals surface area (Å²) in [5.41, 5.74) is 0.302. The molecular formula is C20H21Br3F2O4. The van der Waals surface area contributed by atoms with Gasteiger partial charge in [0.25, 0.3) is 0 Å². The molecule has 0 radical (unpaired) electrons. The third kappa shape index (κ3) is 11.4. The zero-order chi connectivity index (χ0) is 22.4. The van der Waals surface area contributed by atoms with E-state index in [9.17, 15) is 18.4 Å². The number of carbonyl (C=O) groups excluding carboxylic acids is 2. The van der Waals surface area contributed by atoms with E-state index in [2.05, 4.69) is 47.8 Å². The molecule has 2 rings (SSSR count). The fraction of sp³-hybridized carbons (Fsp3) is 0.300. The average molecular weight is 603 g/mol. The van der Waals surface area contributed by atoms with Gasteiger partial charge in [0.15, 0.2) is 11.6 Å². The summed E-state index contributed by atoms with van der Waals surface area (Å²) < 4.78 is 30.5. The van der Waals surface area contributed by atoms with E-state index in [1.807, 2.05) is 0 Å². The Hall–Kier alpha value is -1.32. The Kier molecular flexibility index (Phi) is 14.8. The van der Waals surface area contributed by atoms with Crippen molar-refractivity contribution in [2.45, 2.75) is 13.8 Å². The molecule has 2 aromatic rings. The molecule has 9 heteroatoms. The van der Waals surface area contributed by atoms with Crippen LogP contribution in [0.5, 0.6) is 11.5 Å². The van der Waals surface area contributed by atoms with E-state index in [0.29, 0.717) is 17.7 Å².